The predicted octanol–water partition coefficient (Wildman–Crippen LogP) is 3.63. The Morgan fingerprint density at radius 2 is 1.96 bits per heavy atom. The molecule has 6 heteroatoms. The Morgan fingerprint density at radius 1 is 1.12 bits per heavy atom. The fourth-order valence-electron chi connectivity index (χ4n) is 3.13. The highest BCUT2D eigenvalue weighted by Gasteiger charge is 2.16. The first-order valence-electron chi connectivity index (χ1n) is 10.1. The molecule has 0 aromatic heterocycles. The molecule has 0 radical (unpaired) electrons. The van der Waals surface area contributed by atoms with E-state index in [-0.39, 0.29) is 24.0 Å². The maximum Gasteiger partial charge on any atom is 0.191 e. The van der Waals surface area contributed by atoms with E-state index >= 15 is 0 Å². The van der Waals surface area contributed by atoms with Crippen LogP contribution in [0.25, 0.3) is 0 Å². The monoisotopic (exact) mass is 468 g/mol. The number of unbranched alkanes of at least 4 members (excludes halogenated alkanes) is 2. The van der Waals surface area contributed by atoms with Crippen LogP contribution in [0, 0.1) is 0 Å². The van der Waals surface area contributed by atoms with Crippen LogP contribution in [0.5, 0.6) is 0 Å². The third-order valence-corrected chi connectivity index (χ3v) is 4.62. The maximum atomic E-state index is 5.36. The van der Waals surface area contributed by atoms with Crippen molar-refractivity contribution in [3.63, 3.8) is 0 Å². The molecule has 1 atom stereocenters. The van der Waals surface area contributed by atoms with Crippen molar-refractivity contribution in [2.45, 2.75) is 71.8 Å². The van der Waals surface area contributed by atoms with Gasteiger partial charge in [-0.05, 0) is 72.4 Å². The van der Waals surface area contributed by atoms with Gasteiger partial charge in [0.2, 0.25) is 0 Å². The number of hydrogen-bond donors (Lipinski definition) is 2. The van der Waals surface area contributed by atoms with Crippen molar-refractivity contribution in [2.75, 3.05) is 45.9 Å². The van der Waals surface area contributed by atoms with E-state index < -0.39 is 0 Å². The van der Waals surface area contributed by atoms with Crippen LogP contribution in [0.3, 0.4) is 0 Å². The smallest absolute Gasteiger partial charge is 0.191 e. The van der Waals surface area contributed by atoms with Crippen LogP contribution in [0.2, 0.25) is 0 Å². The summed E-state index contributed by atoms with van der Waals surface area (Å²) in [5, 5.41) is 6.75. The molecule has 5 nitrogen and oxygen atoms in total. The Labute approximate surface area is 172 Å². The molecule has 1 unspecified atom stereocenters. The molecule has 0 bridgehead atoms. The van der Waals surface area contributed by atoms with E-state index in [9.17, 15) is 0 Å². The highest BCUT2D eigenvalue weighted by atomic mass is 127. The van der Waals surface area contributed by atoms with E-state index in [1.54, 1.807) is 0 Å². The van der Waals surface area contributed by atoms with Crippen molar-refractivity contribution in [1.29, 1.82) is 0 Å². The van der Waals surface area contributed by atoms with Crippen LogP contribution in [-0.4, -0.2) is 62.8 Å². The van der Waals surface area contributed by atoms with Gasteiger partial charge in [0.15, 0.2) is 5.96 Å². The summed E-state index contributed by atoms with van der Waals surface area (Å²) in [5.41, 5.74) is 0. The number of nitrogens with zero attached hydrogens (tertiary/aromatic N) is 2. The van der Waals surface area contributed by atoms with Crippen molar-refractivity contribution in [2.24, 2.45) is 4.99 Å². The van der Waals surface area contributed by atoms with Crippen molar-refractivity contribution in [1.82, 2.24) is 15.5 Å². The van der Waals surface area contributed by atoms with E-state index in [1.807, 2.05) is 6.92 Å². The lowest BCUT2D eigenvalue weighted by Gasteiger charge is -2.33. The first kappa shape index (κ1) is 24.9. The zero-order valence-corrected chi connectivity index (χ0v) is 19.0. The minimum absolute atomic E-state index is 0. The Hall–Kier alpha value is -0.0800. The van der Waals surface area contributed by atoms with Gasteiger partial charge in [0.05, 0.1) is 0 Å². The minimum Gasteiger partial charge on any atom is -0.382 e. The molecule has 1 rings (SSSR count). The molecule has 0 spiro atoms. The van der Waals surface area contributed by atoms with Crippen LogP contribution in [0.1, 0.15) is 65.7 Å². The Bertz CT molecular complexity index is 329. The first-order valence-corrected chi connectivity index (χ1v) is 10.1. The number of guanidine groups is 1. The van der Waals surface area contributed by atoms with Crippen LogP contribution in [0.4, 0.5) is 0 Å². The molecule has 1 heterocycles. The summed E-state index contributed by atoms with van der Waals surface area (Å²) >= 11 is 0. The zero-order valence-electron chi connectivity index (χ0n) is 16.7. The topological polar surface area (TPSA) is 48.9 Å². The molecule has 0 aromatic carbocycles. The Kier molecular flexibility index (Phi) is 17.3. The summed E-state index contributed by atoms with van der Waals surface area (Å²) in [7, 11) is 0. The Morgan fingerprint density at radius 3 is 2.68 bits per heavy atom. The summed E-state index contributed by atoms with van der Waals surface area (Å²) < 4.78 is 5.36. The number of aliphatic imine (C=N–C) groups is 1. The number of halogens is 1. The van der Waals surface area contributed by atoms with Gasteiger partial charge in [-0.3, -0.25) is 4.99 Å². The highest BCUT2D eigenvalue weighted by molar-refractivity contribution is 14.0. The zero-order chi connectivity index (χ0) is 17.5. The van der Waals surface area contributed by atoms with Gasteiger partial charge in [-0.15, -0.1) is 24.0 Å². The van der Waals surface area contributed by atoms with Gasteiger partial charge in [-0.1, -0.05) is 6.42 Å². The van der Waals surface area contributed by atoms with E-state index in [1.165, 1.54) is 45.2 Å². The van der Waals surface area contributed by atoms with Crippen LogP contribution >= 0.6 is 24.0 Å². The lowest BCUT2D eigenvalue weighted by Crippen LogP contribution is -2.38. The molecule has 1 fully saturated rings. The second-order valence-electron chi connectivity index (χ2n) is 6.68. The van der Waals surface area contributed by atoms with Crippen LogP contribution in [-0.2, 0) is 4.74 Å². The first-order chi connectivity index (χ1) is 11.8. The molecular formula is C19H41IN4O. The molecule has 0 saturated carbocycles. The van der Waals surface area contributed by atoms with Gasteiger partial charge in [0.25, 0.3) is 0 Å². The second-order valence-corrected chi connectivity index (χ2v) is 6.68. The van der Waals surface area contributed by atoms with Gasteiger partial charge in [-0.25, -0.2) is 0 Å². The summed E-state index contributed by atoms with van der Waals surface area (Å²) in [6.45, 7) is 13.5. The Balaban J connectivity index is 0.00000576. The number of nitrogens with one attached hydrogen (secondary N) is 2. The van der Waals surface area contributed by atoms with Gasteiger partial charge in [0, 0.05) is 38.9 Å². The van der Waals surface area contributed by atoms with Gasteiger partial charge in [-0.2, -0.15) is 0 Å². The largest absolute Gasteiger partial charge is 0.382 e. The van der Waals surface area contributed by atoms with Crippen LogP contribution < -0.4 is 10.6 Å². The molecule has 1 saturated heterocycles. The lowest BCUT2D eigenvalue weighted by atomic mass is 10.0. The fourth-order valence-corrected chi connectivity index (χ4v) is 3.13. The number of piperidine rings is 1. The maximum absolute atomic E-state index is 5.36. The van der Waals surface area contributed by atoms with E-state index in [0.717, 1.165) is 57.7 Å². The number of ether oxygens (including phenoxy) is 1. The SMILES string of the molecule is CCNC(=NCCCCN1CCCCC1C)NCCCCOCC.I. The molecule has 0 aromatic rings. The van der Waals surface area contributed by atoms with Crippen molar-refractivity contribution in [3.05, 3.63) is 0 Å². The third-order valence-electron chi connectivity index (χ3n) is 4.62. The number of likely N-dealkylation sites (tertiary alicyclic amines) is 1. The normalized spacial score (nSPS) is 18.7. The summed E-state index contributed by atoms with van der Waals surface area (Å²) in [5.74, 6) is 0.959. The molecule has 0 aliphatic carbocycles. The van der Waals surface area contributed by atoms with Crippen molar-refractivity contribution >= 4 is 29.9 Å². The summed E-state index contributed by atoms with van der Waals surface area (Å²) in [6.07, 6.45) is 8.80. The predicted molar refractivity (Wildman–Crippen MR) is 119 cm³/mol. The lowest BCUT2D eigenvalue weighted by molar-refractivity contribution is 0.143. The van der Waals surface area contributed by atoms with Crippen LogP contribution in [0.15, 0.2) is 4.99 Å². The van der Waals surface area contributed by atoms with Gasteiger partial charge >= 0.3 is 0 Å². The average Bonchev–Trinajstić information content (AvgIpc) is 2.59. The van der Waals surface area contributed by atoms with Gasteiger partial charge in [0.1, 0.15) is 0 Å². The standard InChI is InChI=1S/C19H40N4O.HI/c1-4-20-19(22-14-8-11-17-24-5-2)21-13-7-10-16-23-15-9-6-12-18(23)3;/h18H,4-17H2,1-3H3,(H2,20,21,22);1H. The molecule has 150 valence electrons. The number of rotatable bonds is 12. The summed E-state index contributed by atoms with van der Waals surface area (Å²) in [4.78, 5) is 7.34. The van der Waals surface area contributed by atoms with Crippen molar-refractivity contribution in [3.8, 4) is 0 Å². The van der Waals surface area contributed by atoms with Crippen molar-refractivity contribution < 1.29 is 4.74 Å². The minimum atomic E-state index is 0. The van der Waals surface area contributed by atoms with E-state index in [0.29, 0.717) is 0 Å². The average molecular weight is 468 g/mol. The quantitative estimate of drug-likeness (QED) is 0.199. The molecule has 1 aliphatic heterocycles. The second kappa shape index (κ2) is 17.3. The molecule has 25 heavy (non-hydrogen) atoms. The molecule has 2 N–H and O–H groups in total. The fraction of sp³-hybridized carbons (Fsp3) is 0.947. The number of hydrogen-bond acceptors (Lipinski definition) is 3. The highest BCUT2D eigenvalue weighted by Crippen LogP contribution is 2.16. The molecule has 0 amide bonds. The summed E-state index contributed by atoms with van der Waals surface area (Å²) in [6, 6.07) is 0.776. The van der Waals surface area contributed by atoms with E-state index in [2.05, 4.69) is 29.4 Å². The van der Waals surface area contributed by atoms with E-state index in [4.69, 9.17) is 9.73 Å². The third kappa shape index (κ3) is 12.8. The van der Waals surface area contributed by atoms with Gasteiger partial charge < -0.3 is 20.3 Å². The molecule has 1 aliphatic rings. The molecular weight excluding hydrogens is 427 g/mol.